The lowest BCUT2D eigenvalue weighted by Crippen LogP contribution is -2.23. The van der Waals surface area contributed by atoms with Gasteiger partial charge in [-0.25, -0.2) is 0 Å². The van der Waals surface area contributed by atoms with Gasteiger partial charge in [-0.15, -0.1) is 0 Å². The van der Waals surface area contributed by atoms with E-state index < -0.39 is 23.4 Å². The van der Waals surface area contributed by atoms with Crippen molar-refractivity contribution in [2.75, 3.05) is 11.9 Å². The number of aryl methyl sites for hydroxylation is 1. The van der Waals surface area contributed by atoms with E-state index >= 15 is 0 Å². The van der Waals surface area contributed by atoms with E-state index in [0.717, 1.165) is 4.47 Å². The Morgan fingerprint density at radius 3 is 2.72 bits per heavy atom. The Bertz CT molecular complexity index is 833. The number of nitro groups is 1. The molecule has 1 aromatic carbocycles. The first-order valence-electron chi connectivity index (χ1n) is 7.17. The maximum Gasteiger partial charge on any atom is 0.328 e. The molecule has 0 saturated heterocycles. The molecule has 0 atom stereocenters. The van der Waals surface area contributed by atoms with E-state index in [4.69, 9.17) is 4.74 Å². The van der Waals surface area contributed by atoms with Gasteiger partial charge < -0.3 is 10.1 Å². The third kappa shape index (κ3) is 4.86. The first-order chi connectivity index (χ1) is 11.8. The minimum absolute atomic E-state index is 0.139. The fourth-order valence-electron chi connectivity index (χ4n) is 2.18. The molecule has 0 radical (unpaired) electrons. The quantitative estimate of drug-likeness (QED) is 0.443. The summed E-state index contributed by atoms with van der Waals surface area (Å²) in [7, 11) is 0. The molecule has 0 saturated carbocycles. The van der Waals surface area contributed by atoms with Crippen LogP contribution in [0, 0.1) is 24.0 Å². The standard InChI is InChI=1S/C15H15BrN4O5/c1-9-15(20(23)24)10(2)19(18-9)7-14(22)25-8-13(21)17-12-5-3-4-11(16)6-12/h3-6H,7-8H2,1-2H3,(H,17,21). The number of esters is 1. The van der Waals surface area contributed by atoms with Gasteiger partial charge in [0, 0.05) is 10.2 Å². The lowest BCUT2D eigenvalue weighted by Gasteiger charge is -2.07. The van der Waals surface area contributed by atoms with Crippen molar-refractivity contribution in [3.63, 3.8) is 0 Å². The zero-order valence-electron chi connectivity index (χ0n) is 13.5. The number of carbonyl (C=O) groups is 2. The largest absolute Gasteiger partial charge is 0.454 e. The highest BCUT2D eigenvalue weighted by Crippen LogP contribution is 2.21. The minimum atomic E-state index is -0.718. The summed E-state index contributed by atoms with van der Waals surface area (Å²) >= 11 is 3.28. The SMILES string of the molecule is Cc1nn(CC(=O)OCC(=O)Nc2cccc(Br)c2)c(C)c1[N+](=O)[O-]. The predicted octanol–water partition coefficient (Wildman–Crippen LogP) is 2.35. The van der Waals surface area contributed by atoms with Gasteiger partial charge >= 0.3 is 11.7 Å². The highest BCUT2D eigenvalue weighted by molar-refractivity contribution is 9.10. The summed E-state index contributed by atoms with van der Waals surface area (Å²) < 4.78 is 6.86. The van der Waals surface area contributed by atoms with E-state index in [1.165, 1.54) is 18.5 Å². The second-order valence-electron chi connectivity index (χ2n) is 5.15. The molecule has 0 aliphatic carbocycles. The van der Waals surface area contributed by atoms with Crippen LogP contribution in [0.15, 0.2) is 28.7 Å². The van der Waals surface area contributed by atoms with Crippen molar-refractivity contribution >= 4 is 39.2 Å². The summed E-state index contributed by atoms with van der Waals surface area (Å²) in [6, 6.07) is 6.96. The molecule has 132 valence electrons. The lowest BCUT2D eigenvalue weighted by atomic mass is 10.3. The van der Waals surface area contributed by atoms with Gasteiger partial charge in [0.15, 0.2) is 6.61 Å². The van der Waals surface area contributed by atoms with E-state index in [2.05, 4.69) is 26.3 Å². The number of ether oxygens (including phenoxy) is 1. The molecule has 9 nitrogen and oxygen atoms in total. The molecule has 0 unspecified atom stereocenters. The third-order valence-electron chi connectivity index (χ3n) is 3.28. The molecule has 1 heterocycles. The molecule has 1 amide bonds. The van der Waals surface area contributed by atoms with Crippen LogP contribution in [0.1, 0.15) is 11.4 Å². The van der Waals surface area contributed by atoms with E-state index in [1.807, 2.05) is 6.07 Å². The molecule has 1 N–H and O–H groups in total. The molecular weight excluding hydrogens is 396 g/mol. The first kappa shape index (κ1) is 18.6. The lowest BCUT2D eigenvalue weighted by molar-refractivity contribution is -0.386. The molecule has 10 heteroatoms. The predicted molar refractivity (Wildman–Crippen MR) is 92.1 cm³/mol. The van der Waals surface area contributed by atoms with Crippen LogP contribution in [0.5, 0.6) is 0 Å². The fourth-order valence-corrected chi connectivity index (χ4v) is 2.58. The van der Waals surface area contributed by atoms with E-state index in [-0.39, 0.29) is 23.6 Å². The van der Waals surface area contributed by atoms with Gasteiger partial charge in [0.2, 0.25) is 0 Å². The normalized spacial score (nSPS) is 10.4. The monoisotopic (exact) mass is 410 g/mol. The number of amides is 1. The Hall–Kier alpha value is -2.75. The Morgan fingerprint density at radius 1 is 1.40 bits per heavy atom. The molecule has 2 aromatic rings. The second kappa shape index (κ2) is 7.88. The number of carbonyl (C=O) groups excluding carboxylic acids is 2. The second-order valence-corrected chi connectivity index (χ2v) is 6.07. The number of aromatic nitrogens is 2. The Labute approximate surface area is 151 Å². The highest BCUT2D eigenvalue weighted by atomic mass is 79.9. The topological polar surface area (TPSA) is 116 Å². The smallest absolute Gasteiger partial charge is 0.328 e. The summed E-state index contributed by atoms with van der Waals surface area (Å²) in [4.78, 5) is 34.0. The molecule has 25 heavy (non-hydrogen) atoms. The molecule has 2 rings (SSSR count). The summed E-state index contributed by atoms with van der Waals surface area (Å²) in [6.07, 6.45) is 0. The van der Waals surface area contributed by atoms with Gasteiger partial charge in [0.05, 0.1) is 4.92 Å². The minimum Gasteiger partial charge on any atom is -0.454 e. The number of nitrogens with one attached hydrogen (secondary N) is 1. The zero-order valence-corrected chi connectivity index (χ0v) is 15.1. The number of nitrogens with zero attached hydrogens (tertiary/aromatic N) is 3. The zero-order chi connectivity index (χ0) is 18.6. The van der Waals surface area contributed by atoms with Crippen molar-refractivity contribution in [3.05, 3.63) is 50.2 Å². The van der Waals surface area contributed by atoms with Gasteiger partial charge in [-0.05, 0) is 32.0 Å². The summed E-state index contributed by atoms with van der Waals surface area (Å²) in [5, 5.41) is 17.5. The van der Waals surface area contributed by atoms with E-state index in [9.17, 15) is 19.7 Å². The first-order valence-corrected chi connectivity index (χ1v) is 7.96. The molecule has 0 aliphatic rings. The number of anilines is 1. The van der Waals surface area contributed by atoms with Crippen molar-refractivity contribution in [1.82, 2.24) is 9.78 Å². The van der Waals surface area contributed by atoms with Gasteiger partial charge in [0.25, 0.3) is 5.91 Å². The molecule has 0 bridgehead atoms. The molecule has 0 aliphatic heterocycles. The number of hydrogen-bond acceptors (Lipinski definition) is 6. The maximum atomic E-state index is 11.8. The van der Waals surface area contributed by atoms with Gasteiger partial charge in [0.1, 0.15) is 17.9 Å². The van der Waals surface area contributed by atoms with Crippen LogP contribution < -0.4 is 5.32 Å². The summed E-state index contributed by atoms with van der Waals surface area (Å²) in [6.45, 7) is 2.20. The van der Waals surface area contributed by atoms with Gasteiger partial charge in [-0.1, -0.05) is 22.0 Å². The van der Waals surface area contributed by atoms with Crippen LogP contribution in [-0.4, -0.2) is 33.2 Å². The van der Waals surface area contributed by atoms with E-state index in [1.54, 1.807) is 18.2 Å². The van der Waals surface area contributed by atoms with Crippen molar-refractivity contribution in [1.29, 1.82) is 0 Å². The highest BCUT2D eigenvalue weighted by Gasteiger charge is 2.23. The Balaban J connectivity index is 1.90. The van der Waals surface area contributed by atoms with Crippen LogP contribution in [0.4, 0.5) is 11.4 Å². The number of benzene rings is 1. The average Bonchev–Trinajstić information content (AvgIpc) is 2.79. The Morgan fingerprint density at radius 2 is 2.12 bits per heavy atom. The van der Waals surface area contributed by atoms with Crippen LogP contribution >= 0.6 is 15.9 Å². The Kier molecular flexibility index (Phi) is 5.86. The van der Waals surface area contributed by atoms with Crippen molar-refractivity contribution in [2.24, 2.45) is 0 Å². The summed E-state index contributed by atoms with van der Waals surface area (Å²) in [5.41, 5.74) is 0.880. The van der Waals surface area contributed by atoms with E-state index in [0.29, 0.717) is 5.69 Å². The summed E-state index contributed by atoms with van der Waals surface area (Å²) in [5.74, 6) is -1.21. The van der Waals surface area contributed by atoms with Gasteiger partial charge in [-0.2, -0.15) is 5.10 Å². The molecular formula is C15H15BrN4O5. The molecule has 0 fully saturated rings. The van der Waals surface area contributed by atoms with Crippen LogP contribution in [0.3, 0.4) is 0 Å². The third-order valence-corrected chi connectivity index (χ3v) is 3.77. The van der Waals surface area contributed by atoms with Crippen LogP contribution in [0.2, 0.25) is 0 Å². The van der Waals surface area contributed by atoms with Crippen molar-refractivity contribution in [2.45, 2.75) is 20.4 Å². The van der Waals surface area contributed by atoms with Gasteiger partial charge in [-0.3, -0.25) is 24.4 Å². The molecule has 1 aromatic heterocycles. The maximum absolute atomic E-state index is 11.8. The van der Waals surface area contributed by atoms with Crippen LogP contribution in [-0.2, 0) is 20.9 Å². The number of rotatable bonds is 6. The van der Waals surface area contributed by atoms with Crippen molar-refractivity contribution < 1.29 is 19.2 Å². The average molecular weight is 411 g/mol. The fraction of sp³-hybridized carbons (Fsp3) is 0.267. The number of halogens is 1. The van der Waals surface area contributed by atoms with Crippen molar-refractivity contribution in [3.8, 4) is 0 Å². The molecule has 0 spiro atoms. The van der Waals surface area contributed by atoms with Crippen LogP contribution in [0.25, 0.3) is 0 Å². The number of hydrogen-bond donors (Lipinski definition) is 1.